The molecule has 0 fully saturated rings. The molecule has 24 heavy (non-hydrogen) atoms. The van der Waals surface area contributed by atoms with Gasteiger partial charge in [0.05, 0.1) is 10.6 Å². The van der Waals surface area contributed by atoms with Crippen LogP contribution < -0.4 is 4.31 Å². The number of carboxylic acid groups (broad SMARTS) is 1. The first-order valence-electron chi connectivity index (χ1n) is 6.90. The molecule has 0 heterocycles. The summed E-state index contributed by atoms with van der Waals surface area (Å²) in [4.78, 5) is 10.8. The fourth-order valence-corrected chi connectivity index (χ4v) is 3.80. The number of hydrogen-bond donors (Lipinski definition) is 1. The number of carbonyl (C=O) groups is 1. The van der Waals surface area contributed by atoms with Crippen LogP contribution in [-0.2, 0) is 14.8 Å². The van der Waals surface area contributed by atoms with Crippen molar-refractivity contribution in [3.8, 4) is 0 Å². The minimum atomic E-state index is -4.27. The predicted molar refractivity (Wildman–Crippen MR) is 89.5 cm³/mol. The average molecular weight is 372 g/mol. The maximum Gasteiger partial charge on any atom is 0.324 e. The molecule has 8 heteroatoms. The van der Waals surface area contributed by atoms with Gasteiger partial charge in [-0.3, -0.25) is 9.10 Å². The van der Waals surface area contributed by atoms with Gasteiger partial charge in [-0.05, 0) is 49.2 Å². The van der Waals surface area contributed by atoms with Crippen LogP contribution in [0.3, 0.4) is 0 Å². The highest BCUT2D eigenvalue weighted by Gasteiger charge is 2.29. The number of benzene rings is 2. The van der Waals surface area contributed by atoms with Crippen molar-refractivity contribution in [2.24, 2.45) is 0 Å². The van der Waals surface area contributed by atoms with Crippen molar-refractivity contribution < 1.29 is 22.7 Å². The number of rotatable bonds is 5. The second-order valence-corrected chi connectivity index (χ2v) is 7.47. The Bertz CT molecular complexity index is 899. The molecule has 0 radical (unpaired) electrons. The van der Waals surface area contributed by atoms with E-state index in [9.17, 15) is 17.6 Å². The van der Waals surface area contributed by atoms with E-state index in [-0.39, 0.29) is 16.1 Å². The van der Waals surface area contributed by atoms with Gasteiger partial charge in [-0.25, -0.2) is 12.8 Å². The molecule has 0 aromatic heterocycles. The molecule has 0 unspecified atom stereocenters. The summed E-state index contributed by atoms with van der Waals surface area (Å²) in [6, 6.07) is 7.97. The molecule has 2 aromatic rings. The largest absolute Gasteiger partial charge is 0.480 e. The van der Waals surface area contributed by atoms with Gasteiger partial charge in [-0.15, -0.1) is 0 Å². The second kappa shape index (κ2) is 6.78. The highest BCUT2D eigenvalue weighted by Crippen LogP contribution is 2.31. The van der Waals surface area contributed by atoms with E-state index in [0.717, 1.165) is 6.07 Å². The zero-order chi connectivity index (χ0) is 18.1. The summed E-state index contributed by atoms with van der Waals surface area (Å²) in [5.74, 6) is -2.03. The third-order valence-electron chi connectivity index (χ3n) is 3.52. The molecular weight excluding hydrogens is 357 g/mol. The summed E-state index contributed by atoms with van der Waals surface area (Å²) >= 11 is 6.01. The van der Waals surface area contributed by atoms with Gasteiger partial charge in [0.15, 0.2) is 0 Å². The lowest BCUT2D eigenvalue weighted by Crippen LogP contribution is -2.36. The number of aliphatic carboxylic acids is 1. The lowest BCUT2D eigenvalue weighted by atomic mass is 10.2. The van der Waals surface area contributed by atoms with Gasteiger partial charge < -0.3 is 5.11 Å². The Morgan fingerprint density at radius 3 is 2.50 bits per heavy atom. The first kappa shape index (κ1) is 18.2. The summed E-state index contributed by atoms with van der Waals surface area (Å²) in [5.41, 5.74) is 0.833. The number of aryl methyl sites for hydroxylation is 1. The quantitative estimate of drug-likeness (QED) is 0.874. The molecule has 2 aromatic carbocycles. The highest BCUT2D eigenvalue weighted by atomic mass is 35.5. The van der Waals surface area contributed by atoms with E-state index >= 15 is 0 Å². The van der Waals surface area contributed by atoms with Gasteiger partial charge in [0.1, 0.15) is 12.4 Å². The summed E-state index contributed by atoms with van der Waals surface area (Å²) in [6.45, 7) is 2.28. The molecule has 0 aliphatic heterocycles. The van der Waals surface area contributed by atoms with Crippen molar-refractivity contribution in [1.29, 1.82) is 0 Å². The zero-order valence-corrected chi connectivity index (χ0v) is 14.5. The van der Waals surface area contributed by atoms with Crippen LogP contribution in [0.2, 0.25) is 5.02 Å². The van der Waals surface area contributed by atoms with Crippen LogP contribution in [0.4, 0.5) is 10.1 Å². The maximum absolute atomic E-state index is 13.8. The summed E-state index contributed by atoms with van der Waals surface area (Å²) in [5, 5.41) is 9.40. The van der Waals surface area contributed by atoms with E-state index in [0.29, 0.717) is 14.9 Å². The standard InChI is InChI=1S/C16H15ClFNO4S/c1-10-6-7-12(8-14(10)18)24(22,23)19(9-16(20)21)15-5-3-4-13(17)11(15)2/h3-8H,9H2,1-2H3,(H,20,21). The minimum Gasteiger partial charge on any atom is -0.480 e. The first-order chi connectivity index (χ1) is 11.1. The maximum atomic E-state index is 13.8. The van der Waals surface area contributed by atoms with Crippen LogP contribution in [0.5, 0.6) is 0 Å². The Labute approximate surface area is 144 Å². The van der Waals surface area contributed by atoms with E-state index in [1.165, 1.54) is 31.2 Å². The lowest BCUT2D eigenvalue weighted by Gasteiger charge is -2.25. The molecule has 0 amide bonds. The smallest absolute Gasteiger partial charge is 0.324 e. The van der Waals surface area contributed by atoms with Crippen LogP contribution in [-0.4, -0.2) is 26.0 Å². The number of carboxylic acids is 1. The van der Waals surface area contributed by atoms with Crippen molar-refractivity contribution in [2.45, 2.75) is 18.7 Å². The molecule has 5 nitrogen and oxygen atoms in total. The second-order valence-electron chi connectivity index (χ2n) is 5.20. The van der Waals surface area contributed by atoms with Gasteiger partial charge in [0.25, 0.3) is 10.0 Å². The molecule has 2 rings (SSSR count). The van der Waals surface area contributed by atoms with Crippen LogP contribution >= 0.6 is 11.6 Å². The van der Waals surface area contributed by atoms with Crippen LogP contribution in [0.25, 0.3) is 0 Å². The van der Waals surface area contributed by atoms with Crippen LogP contribution in [0.15, 0.2) is 41.3 Å². The fourth-order valence-electron chi connectivity index (χ4n) is 2.15. The Balaban J connectivity index is 2.64. The van der Waals surface area contributed by atoms with E-state index in [2.05, 4.69) is 0 Å². The molecule has 0 bridgehead atoms. The zero-order valence-electron chi connectivity index (χ0n) is 13.0. The summed E-state index contributed by atoms with van der Waals surface area (Å²) in [6.07, 6.45) is 0. The fraction of sp³-hybridized carbons (Fsp3) is 0.188. The molecule has 0 aliphatic rings. The highest BCUT2D eigenvalue weighted by molar-refractivity contribution is 7.92. The van der Waals surface area contributed by atoms with Crippen molar-refractivity contribution >= 4 is 33.3 Å². The van der Waals surface area contributed by atoms with Crippen molar-refractivity contribution in [3.63, 3.8) is 0 Å². The van der Waals surface area contributed by atoms with E-state index in [1.54, 1.807) is 13.0 Å². The third kappa shape index (κ3) is 3.52. The van der Waals surface area contributed by atoms with Gasteiger partial charge in [-0.2, -0.15) is 0 Å². The van der Waals surface area contributed by atoms with E-state index in [1.807, 2.05) is 0 Å². The third-order valence-corrected chi connectivity index (χ3v) is 5.68. The Morgan fingerprint density at radius 2 is 1.92 bits per heavy atom. The van der Waals surface area contributed by atoms with Crippen molar-refractivity contribution in [1.82, 2.24) is 0 Å². The first-order valence-corrected chi connectivity index (χ1v) is 8.72. The van der Waals surface area contributed by atoms with Gasteiger partial charge in [0.2, 0.25) is 0 Å². The Kier molecular flexibility index (Phi) is 5.15. The number of sulfonamides is 1. The Morgan fingerprint density at radius 1 is 1.25 bits per heavy atom. The normalized spacial score (nSPS) is 11.3. The molecular formula is C16H15ClFNO4S. The van der Waals surface area contributed by atoms with E-state index < -0.39 is 28.4 Å². The topological polar surface area (TPSA) is 74.7 Å². The van der Waals surface area contributed by atoms with E-state index in [4.69, 9.17) is 16.7 Å². The molecule has 0 atom stereocenters. The molecule has 0 aliphatic carbocycles. The van der Waals surface area contributed by atoms with Crippen LogP contribution in [0.1, 0.15) is 11.1 Å². The number of halogens is 2. The van der Waals surface area contributed by atoms with Crippen molar-refractivity contribution in [2.75, 3.05) is 10.8 Å². The minimum absolute atomic E-state index is 0.130. The summed E-state index contributed by atoms with van der Waals surface area (Å²) in [7, 11) is -4.27. The predicted octanol–water partition coefficient (Wildman–Crippen LogP) is 3.38. The van der Waals surface area contributed by atoms with Gasteiger partial charge in [0, 0.05) is 5.02 Å². The summed E-state index contributed by atoms with van der Waals surface area (Å²) < 4.78 is 40.2. The van der Waals surface area contributed by atoms with Crippen molar-refractivity contribution in [3.05, 3.63) is 58.4 Å². The molecule has 128 valence electrons. The molecule has 0 saturated heterocycles. The average Bonchev–Trinajstić information content (AvgIpc) is 2.50. The monoisotopic (exact) mass is 371 g/mol. The van der Waals surface area contributed by atoms with Gasteiger partial charge in [-0.1, -0.05) is 23.7 Å². The SMILES string of the molecule is Cc1ccc(S(=O)(=O)N(CC(=O)O)c2cccc(Cl)c2C)cc1F. The Hall–Kier alpha value is -2.12. The van der Waals surface area contributed by atoms with Crippen LogP contribution in [0, 0.1) is 19.7 Å². The number of hydrogen-bond acceptors (Lipinski definition) is 3. The lowest BCUT2D eigenvalue weighted by molar-refractivity contribution is -0.135. The number of anilines is 1. The van der Waals surface area contributed by atoms with Gasteiger partial charge >= 0.3 is 5.97 Å². The molecule has 0 saturated carbocycles. The molecule has 1 N–H and O–H groups in total. The molecule has 0 spiro atoms. The number of nitrogens with zero attached hydrogens (tertiary/aromatic N) is 1.